The molecule has 0 saturated carbocycles. The summed E-state index contributed by atoms with van der Waals surface area (Å²) >= 11 is 9.30. The van der Waals surface area contributed by atoms with E-state index in [9.17, 15) is 4.79 Å². The molecule has 100 valence electrons. The first-order valence-electron chi connectivity index (χ1n) is 5.29. The maximum atomic E-state index is 11.5. The molecule has 6 heteroatoms. The smallest absolute Gasteiger partial charge is 0.174 e. The summed E-state index contributed by atoms with van der Waals surface area (Å²) in [7, 11) is 0. The SMILES string of the molecule is Br.Cc1ccncc1-c1ncc(C(=O)CBr)cc1Cl. The first-order chi connectivity index (χ1) is 8.63. The quantitative estimate of drug-likeness (QED) is 0.565. The van der Waals surface area contributed by atoms with Gasteiger partial charge in [0, 0.05) is 29.7 Å². The van der Waals surface area contributed by atoms with Gasteiger partial charge in [-0.25, -0.2) is 0 Å². The van der Waals surface area contributed by atoms with Crippen molar-refractivity contribution in [2.75, 3.05) is 5.33 Å². The third kappa shape index (κ3) is 3.61. The minimum Gasteiger partial charge on any atom is -0.293 e. The minimum atomic E-state index is -0.0427. The second-order valence-electron chi connectivity index (χ2n) is 3.80. The van der Waals surface area contributed by atoms with Crippen molar-refractivity contribution in [3.63, 3.8) is 0 Å². The normalized spacial score (nSPS) is 9.84. The van der Waals surface area contributed by atoms with Crippen LogP contribution in [-0.2, 0) is 0 Å². The molecule has 0 radical (unpaired) electrons. The molecule has 0 amide bonds. The van der Waals surface area contributed by atoms with Gasteiger partial charge in [0.1, 0.15) is 0 Å². The molecule has 0 spiro atoms. The van der Waals surface area contributed by atoms with E-state index in [1.807, 2.05) is 13.0 Å². The van der Waals surface area contributed by atoms with E-state index in [2.05, 4.69) is 25.9 Å². The molecule has 2 aromatic heterocycles. The molecule has 2 rings (SSSR count). The summed E-state index contributed by atoms with van der Waals surface area (Å²) in [5, 5.41) is 0.717. The molecule has 0 fully saturated rings. The lowest BCUT2D eigenvalue weighted by Gasteiger charge is -2.07. The van der Waals surface area contributed by atoms with Crippen LogP contribution in [0.3, 0.4) is 0 Å². The van der Waals surface area contributed by atoms with Gasteiger partial charge in [-0.05, 0) is 24.6 Å². The molecule has 0 saturated heterocycles. The van der Waals surface area contributed by atoms with Crippen molar-refractivity contribution >= 4 is 50.3 Å². The summed E-state index contributed by atoms with van der Waals surface area (Å²) in [4.78, 5) is 19.9. The molecular formula is C13H11Br2ClN2O. The highest BCUT2D eigenvalue weighted by molar-refractivity contribution is 9.09. The van der Waals surface area contributed by atoms with Crippen LogP contribution in [0.25, 0.3) is 11.3 Å². The van der Waals surface area contributed by atoms with E-state index in [0.29, 0.717) is 16.3 Å². The molecule has 0 aliphatic heterocycles. The van der Waals surface area contributed by atoms with E-state index in [1.165, 1.54) is 6.20 Å². The zero-order chi connectivity index (χ0) is 13.1. The van der Waals surface area contributed by atoms with Crippen LogP contribution >= 0.6 is 44.5 Å². The van der Waals surface area contributed by atoms with Gasteiger partial charge in [0.05, 0.1) is 16.0 Å². The fraction of sp³-hybridized carbons (Fsp3) is 0.154. The summed E-state index contributed by atoms with van der Waals surface area (Å²) < 4.78 is 0. The first kappa shape index (κ1) is 16.3. The second kappa shape index (κ2) is 7.12. The van der Waals surface area contributed by atoms with Crippen LogP contribution in [0.1, 0.15) is 15.9 Å². The Morgan fingerprint density at radius 1 is 1.42 bits per heavy atom. The average molecular weight is 407 g/mol. The lowest BCUT2D eigenvalue weighted by molar-refractivity contribution is 0.102. The Hall–Kier alpha value is -0.780. The number of aromatic nitrogens is 2. The summed E-state index contributed by atoms with van der Waals surface area (Å²) in [5.74, 6) is -0.0427. The number of alkyl halides is 1. The molecule has 0 bridgehead atoms. The van der Waals surface area contributed by atoms with Gasteiger partial charge in [0.2, 0.25) is 0 Å². The second-order valence-corrected chi connectivity index (χ2v) is 4.77. The Balaban J connectivity index is 0.00000180. The van der Waals surface area contributed by atoms with Gasteiger partial charge in [0.25, 0.3) is 0 Å². The molecular weight excluding hydrogens is 395 g/mol. The zero-order valence-electron chi connectivity index (χ0n) is 10.1. The number of rotatable bonds is 3. The molecule has 3 nitrogen and oxygen atoms in total. The number of pyridine rings is 2. The number of nitrogens with zero attached hydrogens (tertiary/aromatic N) is 2. The molecule has 0 atom stereocenters. The standard InChI is InChI=1S/C13H10BrClN2O.BrH/c1-8-2-3-16-7-10(8)13-11(15)4-9(6-17-13)12(18)5-14;/h2-4,6-7H,5H2,1H3;1H. The van der Waals surface area contributed by atoms with Crippen LogP contribution in [0.15, 0.2) is 30.7 Å². The molecule has 2 aromatic rings. The number of aryl methyl sites for hydroxylation is 1. The Morgan fingerprint density at radius 3 is 2.74 bits per heavy atom. The van der Waals surface area contributed by atoms with Gasteiger partial charge in [-0.15, -0.1) is 17.0 Å². The minimum absolute atomic E-state index is 0. The lowest BCUT2D eigenvalue weighted by Crippen LogP contribution is -2.01. The van der Waals surface area contributed by atoms with Crippen molar-refractivity contribution in [2.45, 2.75) is 6.92 Å². The van der Waals surface area contributed by atoms with Crippen LogP contribution < -0.4 is 0 Å². The highest BCUT2D eigenvalue weighted by atomic mass is 79.9. The van der Waals surface area contributed by atoms with Crippen LogP contribution in [0.5, 0.6) is 0 Å². The van der Waals surface area contributed by atoms with Crippen LogP contribution in [0.2, 0.25) is 5.02 Å². The monoisotopic (exact) mass is 404 g/mol. The lowest BCUT2D eigenvalue weighted by atomic mass is 10.1. The van der Waals surface area contributed by atoms with E-state index in [-0.39, 0.29) is 28.1 Å². The fourth-order valence-electron chi connectivity index (χ4n) is 1.58. The van der Waals surface area contributed by atoms with Crippen molar-refractivity contribution in [3.8, 4) is 11.3 Å². The summed E-state index contributed by atoms with van der Waals surface area (Å²) in [6, 6.07) is 3.53. The number of halogens is 3. The van der Waals surface area contributed by atoms with Crippen LogP contribution in [-0.4, -0.2) is 21.1 Å². The van der Waals surface area contributed by atoms with E-state index < -0.39 is 0 Å². The molecule has 0 aromatic carbocycles. The van der Waals surface area contributed by atoms with Gasteiger partial charge >= 0.3 is 0 Å². The van der Waals surface area contributed by atoms with E-state index >= 15 is 0 Å². The first-order valence-corrected chi connectivity index (χ1v) is 6.79. The summed E-state index contributed by atoms with van der Waals surface area (Å²) in [5.41, 5.74) is 3.06. The van der Waals surface area contributed by atoms with E-state index in [4.69, 9.17) is 11.6 Å². The third-order valence-corrected chi connectivity index (χ3v) is 3.38. The topological polar surface area (TPSA) is 42.9 Å². The van der Waals surface area contributed by atoms with Crippen molar-refractivity contribution in [3.05, 3.63) is 46.9 Å². The van der Waals surface area contributed by atoms with Crippen molar-refractivity contribution in [1.29, 1.82) is 0 Å². The Morgan fingerprint density at radius 2 is 2.16 bits per heavy atom. The fourth-order valence-corrected chi connectivity index (χ4v) is 2.17. The predicted molar refractivity (Wildman–Crippen MR) is 85.7 cm³/mol. The van der Waals surface area contributed by atoms with Crippen molar-refractivity contribution < 1.29 is 4.79 Å². The number of hydrogen-bond acceptors (Lipinski definition) is 3. The zero-order valence-corrected chi connectivity index (χ0v) is 14.1. The van der Waals surface area contributed by atoms with Crippen molar-refractivity contribution in [1.82, 2.24) is 9.97 Å². The average Bonchev–Trinajstić information content (AvgIpc) is 2.39. The summed E-state index contributed by atoms with van der Waals surface area (Å²) in [6.45, 7) is 1.96. The number of ketones is 1. The Labute approximate surface area is 135 Å². The molecule has 0 aliphatic carbocycles. The molecule has 0 unspecified atom stereocenters. The van der Waals surface area contributed by atoms with Crippen LogP contribution in [0, 0.1) is 6.92 Å². The molecule has 2 heterocycles. The van der Waals surface area contributed by atoms with Gasteiger partial charge < -0.3 is 0 Å². The molecule has 19 heavy (non-hydrogen) atoms. The maximum absolute atomic E-state index is 11.5. The van der Waals surface area contributed by atoms with E-state index in [0.717, 1.165) is 11.1 Å². The highest BCUT2D eigenvalue weighted by Gasteiger charge is 2.12. The van der Waals surface area contributed by atoms with Gasteiger partial charge in [-0.3, -0.25) is 14.8 Å². The van der Waals surface area contributed by atoms with Gasteiger partial charge in [-0.1, -0.05) is 27.5 Å². The Kier molecular flexibility index (Phi) is 6.10. The molecule has 0 N–H and O–H groups in total. The van der Waals surface area contributed by atoms with Crippen LogP contribution in [0.4, 0.5) is 0 Å². The predicted octanol–water partition coefficient (Wildman–Crippen LogP) is 4.26. The third-order valence-electron chi connectivity index (χ3n) is 2.58. The van der Waals surface area contributed by atoms with Gasteiger partial charge in [-0.2, -0.15) is 0 Å². The number of carbonyl (C=O) groups excluding carboxylic acids is 1. The van der Waals surface area contributed by atoms with Crippen molar-refractivity contribution in [2.24, 2.45) is 0 Å². The number of carbonyl (C=O) groups is 1. The highest BCUT2D eigenvalue weighted by Crippen LogP contribution is 2.28. The van der Waals surface area contributed by atoms with E-state index in [1.54, 1.807) is 18.5 Å². The number of hydrogen-bond donors (Lipinski definition) is 0. The largest absolute Gasteiger partial charge is 0.293 e. The maximum Gasteiger partial charge on any atom is 0.174 e. The Bertz CT molecular complexity index is 605. The van der Waals surface area contributed by atoms with Gasteiger partial charge in [0.15, 0.2) is 5.78 Å². The summed E-state index contributed by atoms with van der Waals surface area (Å²) in [6.07, 6.45) is 4.97. The number of Topliss-reactive ketones (excluding diaryl/α,β-unsaturated/α-hetero) is 1. The molecule has 0 aliphatic rings.